The maximum Gasteiger partial charge on any atom is 0.151 e. The Labute approximate surface area is 87.8 Å². The normalized spacial score (nSPS) is 18.6. The fourth-order valence-electron chi connectivity index (χ4n) is 1.51. The van der Waals surface area contributed by atoms with E-state index >= 15 is 0 Å². The SMILES string of the molecule is NCc1cc(CN2CCSCC2)on1. The van der Waals surface area contributed by atoms with Gasteiger partial charge in [-0.2, -0.15) is 11.8 Å². The summed E-state index contributed by atoms with van der Waals surface area (Å²) in [6.07, 6.45) is 0. The summed E-state index contributed by atoms with van der Waals surface area (Å²) in [7, 11) is 0. The molecule has 78 valence electrons. The molecule has 0 aliphatic carbocycles. The van der Waals surface area contributed by atoms with Crippen LogP contribution in [-0.2, 0) is 13.1 Å². The third kappa shape index (κ3) is 2.50. The van der Waals surface area contributed by atoms with Crippen molar-refractivity contribution in [1.29, 1.82) is 0 Å². The van der Waals surface area contributed by atoms with Crippen LogP contribution in [0, 0.1) is 0 Å². The van der Waals surface area contributed by atoms with Crippen LogP contribution in [0.15, 0.2) is 10.6 Å². The molecule has 5 heteroatoms. The first-order valence-electron chi connectivity index (χ1n) is 4.83. The number of aromatic nitrogens is 1. The van der Waals surface area contributed by atoms with Gasteiger partial charge >= 0.3 is 0 Å². The summed E-state index contributed by atoms with van der Waals surface area (Å²) < 4.78 is 5.18. The zero-order valence-electron chi connectivity index (χ0n) is 8.11. The van der Waals surface area contributed by atoms with E-state index in [-0.39, 0.29) is 0 Å². The molecule has 0 unspecified atom stereocenters. The van der Waals surface area contributed by atoms with Crippen LogP contribution in [0.25, 0.3) is 0 Å². The molecule has 0 radical (unpaired) electrons. The van der Waals surface area contributed by atoms with Gasteiger partial charge < -0.3 is 10.3 Å². The molecule has 14 heavy (non-hydrogen) atoms. The summed E-state index contributed by atoms with van der Waals surface area (Å²) >= 11 is 2.01. The number of hydrogen-bond donors (Lipinski definition) is 1. The van der Waals surface area contributed by atoms with Gasteiger partial charge in [-0.1, -0.05) is 5.16 Å². The molecule has 0 bridgehead atoms. The minimum Gasteiger partial charge on any atom is -0.360 e. The Kier molecular flexibility index (Phi) is 3.44. The average Bonchev–Trinajstić information content (AvgIpc) is 2.67. The van der Waals surface area contributed by atoms with Crippen molar-refractivity contribution in [2.45, 2.75) is 13.1 Å². The van der Waals surface area contributed by atoms with Gasteiger partial charge in [0.2, 0.25) is 0 Å². The van der Waals surface area contributed by atoms with E-state index in [1.807, 2.05) is 17.8 Å². The van der Waals surface area contributed by atoms with Gasteiger partial charge in [0.25, 0.3) is 0 Å². The van der Waals surface area contributed by atoms with Gasteiger partial charge in [0.1, 0.15) is 0 Å². The van der Waals surface area contributed by atoms with Crippen molar-refractivity contribution in [3.05, 3.63) is 17.5 Å². The number of thioether (sulfide) groups is 1. The Morgan fingerprint density at radius 1 is 1.50 bits per heavy atom. The van der Waals surface area contributed by atoms with Gasteiger partial charge in [0.05, 0.1) is 12.2 Å². The summed E-state index contributed by atoms with van der Waals surface area (Å²) in [6.45, 7) is 3.61. The van der Waals surface area contributed by atoms with E-state index in [9.17, 15) is 0 Å². The topological polar surface area (TPSA) is 55.3 Å². The molecule has 2 heterocycles. The zero-order valence-corrected chi connectivity index (χ0v) is 8.92. The molecule has 1 aromatic rings. The first-order valence-corrected chi connectivity index (χ1v) is 5.98. The molecule has 0 spiro atoms. The van der Waals surface area contributed by atoms with Gasteiger partial charge in [0.15, 0.2) is 5.76 Å². The fraction of sp³-hybridized carbons (Fsp3) is 0.667. The molecular formula is C9H15N3OS. The lowest BCUT2D eigenvalue weighted by atomic mass is 10.3. The number of rotatable bonds is 3. The van der Waals surface area contributed by atoms with Gasteiger partial charge in [0, 0.05) is 37.2 Å². The van der Waals surface area contributed by atoms with Crippen molar-refractivity contribution in [3.63, 3.8) is 0 Å². The number of hydrogen-bond acceptors (Lipinski definition) is 5. The molecule has 0 amide bonds. The van der Waals surface area contributed by atoms with Crippen molar-refractivity contribution < 1.29 is 4.52 Å². The highest BCUT2D eigenvalue weighted by Crippen LogP contribution is 2.13. The molecule has 0 aromatic carbocycles. The minimum atomic E-state index is 0.458. The summed E-state index contributed by atoms with van der Waals surface area (Å²) in [5.74, 6) is 3.37. The van der Waals surface area contributed by atoms with E-state index in [2.05, 4.69) is 10.1 Å². The number of nitrogens with zero attached hydrogens (tertiary/aromatic N) is 2. The Hall–Kier alpha value is -0.520. The predicted molar refractivity (Wildman–Crippen MR) is 57.0 cm³/mol. The minimum absolute atomic E-state index is 0.458. The lowest BCUT2D eigenvalue weighted by molar-refractivity contribution is 0.250. The van der Waals surface area contributed by atoms with E-state index in [0.717, 1.165) is 31.1 Å². The second kappa shape index (κ2) is 4.82. The van der Waals surface area contributed by atoms with E-state index in [1.165, 1.54) is 11.5 Å². The molecule has 2 N–H and O–H groups in total. The first kappa shape index (κ1) is 10.0. The zero-order chi connectivity index (χ0) is 9.80. The van der Waals surface area contributed by atoms with Crippen LogP contribution < -0.4 is 5.73 Å². The van der Waals surface area contributed by atoms with Crippen LogP contribution in [0.4, 0.5) is 0 Å². The first-order chi connectivity index (χ1) is 6.88. The summed E-state index contributed by atoms with van der Waals surface area (Å²) in [6, 6.07) is 1.95. The van der Waals surface area contributed by atoms with Gasteiger partial charge in [-0.05, 0) is 0 Å². The second-order valence-corrected chi connectivity index (χ2v) is 4.60. The highest BCUT2D eigenvalue weighted by Gasteiger charge is 2.13. The van der Waals surface area contributed by atoms with Crippen LogP contribution >= 0.6 is 11.8 Å². The third-order valence-corrected chi connectivity index (χ3v) is 3.24. The van der Waals surface area contributed by atoms with Crippen LogP contribution in [-0.4, -0.2) is 34.7 Å². The van der Waals surface area contributed by atoms with Gasteiger partial charge in [-0.15, -0.1) is 0 Å². The highest BCUT2D eigenvalue weighted by molar-refractivity contribution is 7.99. The molecule has 1 aliphatic rings. The highest BCUT2D eigenvalue weighted by atomic mass is 32.2. The third-order valence-electron chi connectivity index (χ3n) is 2.30. The molecule has 0 saturated carbocycles. The van der Waals surface area contributed by atoms with Crippen LogP contribution in [0.3, 0.4) is 0 Å². The lowest BCUT2D eigenvalue weighted by Gasteiger charge is -2.24. The molecule has 1 fully saturated rings. The van der Waals surface area contributed by atoms with Crippen molar-refractivity contribution in [2.75, 3.05) is 24.6 Å². The fourth-order valence-corrected chi connectivity index (χ4v) is 2.48. The summed E-state index contributed by atoms with van der Waals surface area (Å²) in [5, 5.41) is 3.87. The van der Waals surface area contributed by atoms with E-state index in [0.29, 0.717) is 6.54 Å². The van der Waals surface area contributed by atoms with Crippen molar-refractivity contribution in [3.8, 4) is 0 Å². The average molecular weight is 213 g/mol. The van der Waals surface area contributed by atoms with Gasteiger partial charge in [-0.3, -0.25) is 4.90 Å². The summed E-state index contributed by atoms with van der Waals surface area (Å²) in [5.41, 5.74) is 6.30. The Morgan fingerprint density at radius 2 is 2.29 bits per heavy atom. The largest absolute Gasteiger partial charge is 0.360 e. The quantitative estimate of drug-likeness (QED) is 0.800. The Balaban J connectivity index is 1.89. The van der Waals surface area contributed by atoms with Crippen molar-refractivity contribution in [1.82, 2.24) is 10.1 Å². The molecule has 2 rings (SSSR count). The van der Waals surface area contributed by atoms with E-state index in [4.69, 9.17) is 10.3 Å². The second-order valence-electron chi connectivity index (χ2n) is 3.38. The van der Waals surface area contributed by atoms with Crippen LogP contribution in [0.2, 0.25) is 0 Å². The van der Waals surface area contributed by atoms with Crippen LogP contribution in [0.1, 0.15) is 11.5 Å². The predicted octanol–water partition coefficient (Wildman–Crippen LogP) is 0.682. The van der Waals surface area contributed by atoms with Crippen molar-refractivity contribution in [2.24, 2.45) is 5.73 Å². The Morgan fingerprint density at radius 3 is 2.93 bits per heavy atom. The smallest absolute Gasteiger partial charge is 0.151 e. The molecule has 1 aromatic heterocycles. The maximum atomic E-state index is 5.46. The molecule has 0 atom stereocenters. The maximum absolute atomic E-state index is 5.46. The lowest BCUT2D eigenvalue weighted by Crippen LogP contribution is -2.31. The standard InChI is InChI=1S/C9H15N3OS/c10-6-8-5-9(13-11-8)7-12-1-3-14-4-2-12/h5H,1-4,6-7,10H2. The summed E-state index contributed by atoms with van der Waals surface area (Å²) in [4.78, 5) is 2.39. The molecule has 1 aliphatic heterocycles. The van der Waals surface area contributed by atoms with E-state index < -0.39 is 0 Å². The molecular weight excluding hydrogens is 198 g/mol. The van der Waals surface area contributed by atoms with Crippen LogP contribution in [0.5, 0.6) is 0 Å². The van der Waals surface area contributed by atoms with E-state index in [1.54, 1.807) is 0 Å². The Bertz CT molecular complexity index is 283. The number of nitrogens with two attached hydrogens (primary N) is 1. The van der Waals surface area contributed by atoms with Gasteiger partial charge in [-0.25, -0.2) is 0 Å². The molecule has 1 saturated heterocycles. The monoisotopic (exact) mass is 213 g/mol. The van der Waals surface area contributed by atoms with Crippen molar-refractivity contribution >= 4 is 11.8 Å². The molecule has 4 nitrogen and oxygen atoms in total.